The van der Waals surface area contributed by atoms with E-state index in [1.54, 1.807) is 13.2 Å². The molecular formula is C28H33N3O. The van der Waals surface area contributed by atoms with Gasteiger partial charge in [-0.3, -0.25) is 9.78 Å². The third kappa shape index (κ3) is 5.08. The SMILES string of the molecule is CNC(=O)C1(Cc2cccc(-c3cccnc3)c2)CCN(C[C@@H](C)c2ccccc2)CC1. The molecule has 2 aromatic carbocycles. The standard InChI is InChI=1S/C28H33N3O/c1-22(24-9-4-3-5-10-24)21-31-16-13-28(14-17-31,27(32)29-2)19-23-8-6-11-25(18-23)26-12-7-15-30-20-26/h3-12,15,18,20,22H,13-14,16-17,19,21H2,1-2H3,(H,29,32)/t22-/m1/s1. The highest BCUT2D eigenvalue weighted by molar-refractivity contribution is 5.83. The number of aromatic nitrogens is 1. The van der Waals surface area contributed by atoms with E-state index in [1.807, 2.05) is 12.3 Å². The smallest absolute Gasteiger partial charge is 0.226 e. The maximum absolute atomic E-state index is 13.1. The molecule has 1 aliphatic rings. The van der Waals surface area contributed by atoms with Gasteiger partial charge in [-0.1, -0.05) is 67.6 Å². The Hall–Kier alpha value is -2.98. The summed E-state index contributed by atoms with van der Waals surface area (Å²) in [5.41, 5.74) is 4.49. The maximum atomic E-state index is 13.1. The van der Waals surface area contributed by atoms with Crippen molar-refractivity contribution >= 4 is 5.91 Å². The quantitative estimate of drug-likeness (QED) is 0.582. The molecule has 0 unspecified atom stereocenters. The molecule has 4 rings (SSSR count). The second kappa shape index (κ2) is 10.1. The first-order chi connectivity index (χ1) is 15.6. The predicted octanol–water partition coefficient (Wildman–Crippen LogP) is 4.92. The van der Waals surface area contributed by atoms with Crippen LogP contribution in [0.5, 0.6) is 0 Å². The number of nitrogens with zero attached hydrogens (tertiary/aromatic N) is 2. The van der Waals surface area contributed by atoms with Gasteiger partial charge in [0.15, 0.2) is 0 Å². The molecule has 1 N–H and O–H groups in total. The number of likely N-dealkylation sites (tertiary alicyclic amines) is 1. The minimum absolute atomic E-state index is 0.167. The van der Waals surface area contributed by atoms with Crippen LogP contribution in [0.1, 0.15) is 36.8 Å². The molecule has 3 aromatic rings. The van der Waals surface area contributed by atoms with Crippen molar-refractivity contribution in [3.8, 4) is 11.1 Å². The van der Waals surface area contributed by atoms with E-state index >= 15 is 0 Å². The molecule has 2 heterocycles. The van der Waals surface area contributed by atoms with E-state index in [9.17, 15) is 4.79 Å². The summed E-state index contributed by atoms with van der Waals surface area (Å²) in [5.74, 6) is 0.653. The molecule has 166 valence electrons. The van der Waals surface area contributed by atoms with Crippen molar-refractivity contribution in [3.05, 3.63) is 90.3 Å². The number of pyridine rings is 1. The van der Waals surface area contributed by atoms with Gasteiger partial charge in [0.2, 0.25) is 5.91 Å². The molecule has 4 nitrogen and oxygen atoms in total. The fraction of sp³-hybridized carbons (Fsp3) is 0.357. The summed E-state index contributed by atoms with van der Waals surface area (Å²) in [6, 6.07) is 23.3. The Balaban J connectivity index is 1.46. The van der Waals surface area contributed by atoms with Crippen molar-refractivity contribution in [1.29, 1.82) is 0 Å². The van der Waals surface area contributed by atoms with Crippen molar-refractivity contribution < 1.29 is 4.79 Å². The lowest BCUT2D eigenvalue weighted by Gasteiger charge is -2.41. The molecule has 1 fully saturated rings. The summed E-state index contributed by atoms with van der Waals surface area (Å²) in [4.78, 5) is 19.8. The lowest BCUT2D eigenvalue weighted by atomic mass is 9.72. The van der Waals surface area contributed by atoms with Crippen molar-refractivity contribution in [2.24, 2.45) is 5.41 Å². The Labute approximate surface area is 191 Å². The van der Waals surface area contributed by atoms with Gasteiger partial charge < -0.3 is 10.2 Å². The van der Waals surface area contributed by atoms with Crippen LogP contribution in [0.3, 0.4) is 0 Å². The number of rotatable bonds is 7. The Morgan fingerprint density at radius 1 is 1.03 bits per heavy atom. The third-order valence-corrected chi connectivity index (χ3v) is 6.89. The number of carbonyl (C=O) groups is 1. The molecule has 4 heteroatoms. The molecule has 1 amide bonds. The molecule has 0 spiro atoms. The Bertz CT molecular complexity index is 1010. The number of hydrogen-bond donors (Lipinski definition) is 1. The fourth-order valence-electron chi connectivity index (χ4n) is 4.97. The highest BCUT2D eigenvalue weighted by atomic mass is 16.2. The topological polar surface area (TPSA) is 45.2 Å². The Morgan fingerprint density at radius 3 is 2.47 bits per heavy atom. The van der Waals surface area contributed by atoms with E-state index in [0.29, 0.717) is 5.92 Å². The minimum atomic E-state index is -0.352. The van der Waals surface area contributed by atoms with Gasteiger partial charge in [0.1, 0.15) is 0 Å². The number of nitrogens with one attached hydrogen (secondary N) is 1. The summed E-state index contributed by atoms with van der Waals surface area (Å²) in [7, 11) is 1.76. The van der Waals surface area contributed by atoms with Gasteiger partial charge in [-0.2, -0.15) is 0 Å². The van der Waals surface area contributed by atoms with Crippen LogP contribution in [-0.4, -0.2) is 42.5 Å². The van der Waals surface area contributed by atoms with Gasteiger partial charge in [0.05, 0.1) is 5.41 Å². The van der Waals surface area contributed by atoms with E-state index in [2.05, 4.69) is 82.8 Å². The molecule has 1 aromatic heterocycles. The van der Waals surface area contributed by atoms with Gasteiger partial charge in [-0.25, -0.2) is 0 Å². The number of benzene rings is 2. The zero-order valence-corrected chi connectivity index (χ0v) is 19.1. The van der Waals surface area contributed by atoms with Crippen LogP contribution >= 0.6 is 0 Å². The summed E-state index contributed by atoms with van der Waals surface area (Å²) in [6.07, 6.45) is 6.21. The summed E-state index contributed by atoms with van der Waals surface area (Å²) >= 11 is 0. The zero-order chi connectivity index (χ0) is 22.4. The van der Waals surface area contributed by atoms with E-state index in [0.717, 1.165) is 50.0 Å². The number of piperidine rings is 1. The van der Waals surface area contributed by atoms with E-state index < -0.39 is 0 Å². The second-order valence-electron chi connectivity index (χ2n) is 9.09. The van der Waals surface area contributed by atoms with E-state index in [1.165, 1.54) is 11.1 Å². The van der Waals surface area contributed by atoms with Gasteiger partial charge in [-0.05, 0) is 66.6 Å². The van der Waals surface area contributed by atoms with Crippen LogP contribution in [-0.2, 0) is 11.2 Å². The normalized spacial score (nSPS) is 16.9. The second-order valence-corrected chi connectivity index (χ2v) is 9.09. The molecule has 32 heavy (non-hydrogen) atoms. The molecular weight excluding hydrogens is 394 g/mol. The summed E-state index contributed by atoms with van der Waals surface area (Å²) in [6.45, 7) is 5.23. The Kier molecular flexibility index (Phi) is 7.01. The van der Waals surface area contributed by atoms with Gasteiger partial charge in [-0.15, -0.1) is 0 Å². The molecule has 0 saturated carbocycles. The molecule has 1 atom stereocenters. The molecule has 1 aliphatic heterocycles. The number of carbonyl (C=O) groups excluding carboxylic acids is 1. The number of amides is 1. The van der Waals surface area contributed by atoms with Crippen molar-refractivity contribution in [3.63, 3.8) is 0 Å². The van der Waals surface area contributed by atoms with Crippen LogP contribution in [0.15, 0.2) is 79.1 Å². The van der Waals surface area contributed by atoms with Crippen LogP contribution in [0.25, 0.3) is 11.1 Å². The monoisotopic (exact) mass is 427 g/mol. The zero-order valence-electron chi connectivity index (χ0n) is 19.1. The largest absolute Gasteiger partial charge is 0.359 e. The Morgan fingerprint density at radius 2 is 1.78 bits per heavy atom. The number of hydrogen-bond acceptors (Lipinski definition) is 3. The first-order valence-corrected chi connectivity index (χ1v) is 11.6. The molecule has 0 bridgehead atoms. The first-order valence-electron chi connectivity index (χ1n) is 11.6. The average molecular weight is 428 g/mol. The van der Waals surface area contributed by atoms with Crippen LogP contribution in [0.4, 0.5) is 0 Å². The highest BCUT2D eigenvalue weighted by Gasteiger charge is 2.41. The molecule has 0 aliphatic carbocycles. The summed E-state index contributed by atoms with van der Waals surface area (Å²) in [5, 5.41) is 2.96. The van der Waals surface area contributed by atoms with Gasteiger partial charge in [0.25, 0.3) is 0 Å². The van der Waals surface area contributed by atoms with Crippen LogP contribution in [0, 0.1) is 5.41 Å². The molecule has 0 radical (unpaired) electrons. The van der Waals surface area contributed by atoms with Crippen LogP contribution < -0.4 is 5.32 Å². The summed E-state index contributed by atoms with van der Waals surface area (Å²) < 4.78 is 0. The predicted molar refractivity (Wildman–Crippen MR) is 130 cm³/mol. The lowest BCUT2D eigenvalue weighted by molar-refractivity contribution is -0.133. The molecule has 1 saturated heterocycles. The van der Waals surface area contributed by atoms with Crippen LogP contribution in [0.2, 0.25) is 0 Å². The van der Waals surface area contributed by atoms with Crippen molar-refractivity contribution in [2.75, 3.05) is 26.7 Å². The third-order valence-electron chi connectivity index (χ3n) is 6.89. The van der Waals surface area contributed by atoms with Crippen molar-refractivity contribution in [1.82, 2.24) is 15.2 Å². The van der Waals surface area contributed by atoms with E-state index in [4.69, 9.17) is 0 Å². The lowest BCUT2D eigenvalue weighted by Crippen LogP contribution is -2.49. The minimum Gasteiger partial charge on any atom is -0.359 e. The average Bonchev–Trinajstić information content (AvgIpc) is 2.86. The fourth-order valence-corrected chi connectivity index (χ4v) is 4.97. The first kappa shape index (κ1) is 22.2. The van der Waals surface area contributed by atoms with Crippen molar-refractivity contribution in [2.45, 2.75) is 32.1 Å². The van der Waals surface area contributed by atoms with Gasteiger partial charge in [0, 0.05) is 26.0 Å². The maximum Gasteiger partial charge on any atom is 0.226 e. The van der Waals surface area contributed by atoms with E-state index in [-0.39, 0.29) is 11.3 Å². The highest BCUT2D eigenvalue weighted by Crippen LogP contribution is 2.37. The van der Waals surface area contributed by atoms with Gasteiger partial charge >= 0.3 is 0 Å².